The summed E-state index contributed by atoms with van der Waals surface area (Å²) in [6, 6.07) is 26.2. The Bertz CT molecular complexity index is 1160. The lowest BCUT2D eigenvalue weighted by Crippen LogP contribution is -2.25. The maximum absolute atomic E-state index is 9.38. The average molecular weight is 439 g/mol. The van der Waals surface area contributed by atoms with E-state index < -0.39 is 8.07 Å². The molecule has 3 aromatic rings. The molecule has 32 heavy (non-hydrogen) atoms. The predicted octanol–water partition coefficient (Wildman–Crippen LogP) is 7.71. The molecular weight excluding hydrogens is 404 g/mol. The largest absolute Gasteiger partial charge is 0.392 e. The topological polar surface area (TPSA) is 20.2 Å². The molecule has 0 fully saturated rings. The molecule has 164 valence electrons. The number of fused-ring (bicyclic) bond motifs is 1. The maximum atomic E-state index is 9.38. The highest BCUT2D eigenvalue weighted by Crippen LogP contribution is 2.43. The van der Waals surface area contributed by atoms with E-state index in [0.29, 0.717) is 0 Å². The van der Waals surface area contributed by atoms with E-state index in [0.717, 1.165) is 12.0 Å². The molecule has 0 saturated carbocycles. The van der Waals surface area contributed by atoms with Gasteiger partial charge in [-0.25, -0.2) is 0 Å². The van der Waals surface area contributed by atoms with Gasteiger partial charge in [0.25, 0.3) is 0 Å². The maximum Gasteiger partial charge on any atom is 0.0784 e. The van der Waals surface area contributed by atoms with Crippen LogP contribution in [0, 0.1) is 0 Å². The molecule has 0 unspecified atom stereocenters. The fourth-order valence-corrected chi connectivity index (χ4v) is 6.23. The smallest absolute Gasteiger partial charge is 0.0784 e. The third kappa shape index (κ3) is 4.57. The third-order valence-electron chi connectivity index (χ3n) is 6.53. The van der Waals surface area contributed by atoms with Gasteiger partial charge in [-0.1, -0.05) is 118 Å². The number of hydrogen-bond donors (Lipinski definition) is 1. The predicted molar refractivity (Wildman–Crippen MR) is 141 cm³/mol. The second-order valence-corrected chi connectivity index (χ2v) is 15.6. The van der Waals surface area contributed by atoms with Crippen molar-refractivity contribution in [1.29, 1.82) is 0 Å². The first kappa shape index (κ1) is 22.5. The van der Waals surface area contributed by atoms with Crippen LogP contribution >= 0.6 is 0 Å². The number of aliphatic hydroxyl groups excluding tert-OH is 1. The Balaban J connectivity index is 1.86. The Morgan fingerprint density at radius 1 is 0.938 bits per heavy atom. The van der Waals surface area contributed by atoms with Crippen molar-refractivity contribution in [1.82, 2.24) is 0 Å². The van der Waals surface area contributed by atoms with E-state index in [1.807, 2.05) is 12.1 Å². The van der Waals surface area contributed by atoms with Gasteiger partial charge in [-0.3, -0.25) is 0 Å². The van der Waals surface area contributed by atoms with E-state index in [1.54, 1.807) is 0 Å². The van der Waals surface area contributed by atoms with Gasteiger partial charge in [0.2, 0.25) is 0 Å². The van der Waals surface area contributed by atoms with E-state index in [1.165, 1.54) is 38.6 Å². The Labute approximate surface area is 194 Å². The molecule has 1 aliphatic rings. The van der Waals surface area contributed by atoms with E-state index in [9.17, 15) is 5.11 Å². The van der Waals surface area contributed by atoms with Crippen LogP contribution in [0.25, 0.3) is 16.8 Å². The van der Waals surface area contributed by atoms with Crippen molar-refractivity contribution in [2.45, 2.75) is 51.9 Å². The van der Waals surface area contributed by atoms with Gasteiger partial charge in [0.1, 0.15) is 0 Å². The minimum Gasteiger partial charge on any atom is -0.392 e. The van der Waals surface area contributed by atoms with E-state index in [2.05, 4.69) is 106 Å². The van der Waals surface area contributed by atoms with Crippen LogP contribution in [0.1, 0.15) is 53.6 Å². The fourth-order valence-electron chi connectivity index (χ4n) is 4.61. The van der Waals surface area contributed by atoms with E-state index in [-0.39, 0.29) is 12.0 Å². The molecule has 1 aliphatic carbocycles. The first-order valence-electron chi connectivity index (χ1n) is 11.5. The minimum atomic E-state index is -1.62. The molecule has 0 bridgehead atoms. The molecule has 0 spiro atoms. The van der Waals surface area contributed by atoms with Gasteiger partial charge in [-0.05, 0) is 56.9 Å². The summed E-state index contributed by atoms with van der Waals surface area (Å²) in [6.07, 6.45) is 5.83. The minimum absolute atomic E-state index is 0.0834. The lowest BCUT2D eigenvalue weighted by Gasteiger charge is -2.33. The number of rotatable bonds is 5. The van der Waals surface area contributed by atoms with Gasteiger partial charge in [-0.15, -0.1) is 0 Å². The van der Waals surface area contributed by atoms with Crippen LogP contribution in [0.15, 0.2) is 78.9 Å². The zero-order valence-electron chi connectivity index (χ0n) is 19.9. The lowest BCUT2D eigenvalue weighted by atomic mass is 9.72. The van der Waals surface area contributed by atoms with Gasteiger partial charge in [-0.2, -0.15) is 0 Å². The third-order valence-corrected chi connectivity index (χ3v) is 8.58. The van der Waals surface area contributed by atoms with Gasteiger partial charge in [0.15, 0.2) is 0 Å². The zero-order chi connectivity index (χ0) is 22.9. The molecule has 0 aromatic heterocycles. The summed E-state index contributed by atoms with van der Waals surface area (Å²) >= 11 is 0. The van der Waals surface area contributed by atoms with Gasteiger partial charge in [0.05, 0.1) is 14.7 Å². The highest BCUT2D eigenvalue weighted by atomic mass is 28.3. The van der Waals surface area contributed by atoms with Crippen molar-refractivity contribution < 1.29 is 5.11 Å². The van der Waals surface area contributed by atoms with Crippen LogP contribution < -0.4 is 0 Å². The number of hydrogen-bond acceptors (Lipinski definition) is 1. The summed E-state index contributed by atoms with van der Waals surface area (Å²) in [6.45, 7) is 12.0. The summed E-state index contributed by atoms with van der Waals surface area (Å²) in [4.78, 5) is 0. The highest BCUT2D eigenvalue weighted by Gasteiger charge is 2.30. The van der Waals surface area contributed by atoms with E-state index >= 15 is 0 Å². The number of allylic oxidation sites excluding steroid dienone is 1. The molecule has 0 amide bonds. The van der Waals surface area contributed by atoms with Crippen molar-refractivity contribution >= 4 is 24.9 Å². The lowest BCUT2D eigenvalue weighted by molar-refractivity contribution is 0.282. The van der Waals surface area contributed by atoms with Crippen molar-refractivity contribution in [3.8, 4) is 0 Å². The van der Waals surface area contributed by atoms with Crippen molar-refractivity contribution in [3.05, 3.63) is 112 Å². The Morgan fingerprint density at radius 2 is 1.62 bits per heavy atom. The van der Waals surface area contributed by atoms with Crippen molar-refractivity contribution in [3.63, 3.8) is 0 Å². The molecule has 4 rings (SSSR count). The van der Waals surface area contributed by atoms with Crippen LogP contribution in [-0.2, 0) is 12.0 Å². The first-order valence-corrected chi connectivity index (χ1v) is 15.0. The summed E-state index contributed by atoms with van der Waals surface area (Å²) in [5.41, 5.74) is 9.04. The molecule has 0 radical (unpaired) electrons. The van der Waals surface area contributed by atoms with Crippen LogP contribution in [0.5, 0.6) is 0 Å². The molecule has 2 heteroatoms. The van der Waals surface area contributed by atoms with Crippen LogP contribution in [-0.4, -0.2) is 13.2 Å². The second-order valence-electron chi connectivity index (χ2n) is 10.5. The fraction of sp³-hybridized carbons (Fsp3) is 0.267. The van der Waals surface area contributed by atoms with Crippen LogP contribution in [0.4, 0.5) is 0 Å². The monoisotopic (exact) mass is 438 g/mol. The standard InChI is InChI=1S/C30H34OSi/c1-30(2)18-17-26(24-9-7-6-8-10-24)27-20-25(15-16-28(27)30)29(32(3,4)5)19-22-11-13-23(21-31)14-12-22/h6-17,19-20,31H,18,21H2,1-5H3. The van der Waals surface area contributed by atoms with Crippen LogP contribution in [0.3, 0.4) is 0 Å². The summed E-state index contributed by atoms with van der Waals surface area (Å²) < 4.78 is 0. The Hall–Kier alpha value is -2.68. The van der Waals surface area contributed by atoms with E-state index in [4.69, 9.17) is 0 Å². The van der Waals surface area contributed by atoms with Gasteiger partial charge >= 0.3 is 0 Å². The highest BCUT2D eigenvalue weighted by molar-refractivity contribution is 6.94. The molecular formula is C30H34OSi. The zero-order valence-corrected chi connectivity index (χ0v) is 20.9. The van der Waals surface area contributed by atoms with Gasteiger partial charge in [0, 0.05) is 0 Å². The summed E-state index contributed by atoms with van der Waals surface area (Å²) in [5.74, 6) is 0. The summed E-state index contributed by atoms with van der Waals surface area (Å²) in [5, 5.41) is 10.8. The molecule has 0 heterocycles. The summed E-state index contributed by atoms with van der Waals surface area (Å²) in [7, 11) is -1.62. The molecule has 0 aliphatic heterocycles. The Kier molecular flexibility index (Phi) is 6.11. The molecule has 1 nitrogen and oxygen atoms in total. The van der Waals surface area contributed by atoms with Crippen molar-refractivity contribution in [2.75, 3.05) is 0 Å². The van der Waals surface area contributed by atoms with Crippen molar-refractivity contribution in [2.24, 2.45) is 0 Å². The Morgan fingerprint density at radius 3 is 2.25 bits per heavy atom. The van der Waals surface area contributed by atoms with Crippen LogP contribution in [0.2, 0.25) is 19.6 Å². The first-order chi connectivity index (χ1) is 15.2. The molecule has 1 N–H and O–H groups in total. The van der Waals surface area contributed by atoms with Gasteiger partial charge < -0.3 is 5.11 Å². The average Bonchev–Trinajstić information content (AvgIpc) is 2.77. The molecule has 3 aromatic carbocycles. The number of aliphatic hydroxyl groups is 1. The molecule has 0 atom stereocenters. The molecule has 0 saturated heterocycles. The quantitative estimate of drug-likeness (QED) is 0.319. The second kappa shape index (κ2) is 8.69. The number of benzene rings is 3. The normalized spacial score (nSPS) is 15.8. The SMILES string of the molecule is CC1(C)CC=C(c2ccccc2)c2cc(C(=Cc3ccc(CO)cc3)[Si](C)(C)C)ccc21.